The molecule has 15 heavy (non-hydrogen) atoms. The van der Waals surface area contributed by atoms with Crippen LogP contribution < -0.4 is 5.32 Å². The number of nitrogens with one attached hydrogen (secondary N) is 1. The van der Waals surface area contributed by atoms with Crippen LogP contribution in [0.4, 0.5) is 4.79 Å². The van der Waals surface area contributed by atoms with Gasteiger partial charge in [0.1, 0.15) is 0 Å². The van der Waals surface area contributed by atoms with Gasteiger partial charge in [0.2, 0.25) is 5.91 Å². The van der Waals surface area contributed by atoms with Crippen molar-refractivity contribution >= 4 is 12.0 Å². The fourth-order valence-corrected chi connectivity index (χ4v) is 1.54. The number of carbonyl (C=O) groups is 2. The minimum Gasteiger partial charge on any atom is -0.453 e. The van der Waals surface area contributed by atoms with E-state index < -0.39 is 0 Å². The Morgan fingerprint density at radius 2 is 2.13 bits per heavy atom. The van der Waals surface area contributed by atoms with Crippen molar-refractivity contribution in [2.75, 3.05) is 20.2 Å². The van der Waals surface area contributed by atoms with Gasteiger partial charge in [0.15, 0.2) is 0 Å². The molecule has 86 valence electrons. The molecule has 0 bridgehead atoms. The third kappa shape index (κ3) is 3.11. The maximum atomic E-state index is 11.4. The Morgan fingerprint density at radius 1 is 1.47 bits per heavy atom. The van der Waals surface area contributed by atoms with E-state index in [1.165, 1.54) is 7.11 Å². The molecule has 0 saturated carbocycles. The molecule has 5 nitrogen and oxygen atoms in total. The molecule has 1 saturated heterocycles. The Kier molecular flexibility index (Phi) is 3.94. The summed E-state index contributed by atoms with van der Waals surface area (Å²) in [6, 6.07) is 0.0685. The number of rotatable bonds is 2. The number of nitrogens with zero attached hydrogens (tertiary/aromatic N) is 1. The van der Waals surface area contributed by atoms with Gasteiger partial charge < -0.3 is 15.0 Å². The maximum absolute atomic E-state index is 11.4. The summed E-state index contributed by atoms with van der Waals surface area (Å²) < 4.78 is 4.61. The average Bonchev–Trinajstić information content (AvgIpc) is 2.65. The summed E-state index contributed by atoms with van der Waals surface area (Å²) >= 11 is 0. The highest BCUT2D eigenvalue weighted by atomic mass is 16.5. The van der Waals surface area contributed by atoms with Crippen molar-refractivity contribution < 1.29 is 14.3 Å². The smallest absolute Gasteiger partial charge is 0.409 e. The summed E-state index contributed by atoms with van der Waals surface area (Å²) in [5, 5.41) is 2.90. The molecule has 1 unspecified atom stereocenters. The third-order valence-corrected chi connectivity index (χ3v) is 2.49. The molecule has 1 aliphatic heterocycles. The van der Waals surface area contributed by atoms with Gasteiger partial charge in [0, 0.05) is 25.0 Å². The van der Waals surface area contributed by atoms with Crippen LogP contribution in [0, 0.1) is 5.92 Å². The summed E-state index contributed by atoms with van der Waals surface area (Å²) in [7, 11) is 1.36. The minimum absolute atomic E-state index is 0.0165. The van der Waals surface area contributed by atoms with Gasteiger partial charge >= 0.3 is 6.09 Å². The highest BCUT2D eigenvalue weighted by Gasteiger charge is 2.28. The van der Waals surface area contributed by atoms with Gasteiger partial charge in [-0.3, -0.25) is 4.79 Å². The second-order valence-corrected chi connectivity index (χ2v) is 4.06. The van der Waals surface area contributed by atoms with Crippen molar-refractivity contribution in [3.63, 3.8) is 0 Å². The van der Waals surface area contributed by atoms with E-state index in [1.807, 2.05) is 13.8 Å². The standard InChI is InChI=1S/C10H18N2O3/c1-7(2)9(13)11-8-4-5-12(6-8)10(14)15-3/h7-8H,4-6H2,1-3H3,(H,11,13). The Hall–Kier alpha value is -1.26. The van der Waals surface area contributed by atoms with Crippen molar-refractivity contribution in [1.82, 2.24) is 10.2 Å². The lowest BCUT2D eigenvalue weighted by Crippen LogP contribution is -2.40. The van der Waals surface area contributed by atoms with Gasteiger partial charge in [-0.2, -0.15) is 0 Å². The van der Waals surface area contributed by atoms with Crippen LogP contribution >= 0.6 is 0 Å². The van der Waals surface area contributed by atoms with Crippen LogP contribution in [0.3, 0.4) is 0 Å². The van der Waals surface area contributed by atoms with E-state index in [2.05, 4.69) is 10.1 Å². The van der Waals surface area contributed by atoms with Crippen molar-refractivity contribution in [2.24, 2.45) is 5.92 Å². The lowest BCUT2D eigenvalue weighted by molar-refractivity contribution is -0.124. The molecule has 2 amide bonds. The Bertz CT molecular complexity index is 253. The lowest BCUT2D eigenvalue weighted by atomic mass is 10.2. The van der Waals surface area contributed by atoms with Crippen molar-refractivity contribution in [3.8, 4) is 0 Å². The normalized spacial score (nSPS) is 20.5. The minimum atomic E-state index is -0.323. The van der Waals surface area contributed by atoms with Gasteiger partial charge in [-0.05, 0) is 6.42 Å². The van der Waals surface area contributed by atoms with E-state index in [0.717, 1.165) is 6.42 Å². The van der Waals surface area contributed by atoms with Crippen LogP contribution in [-0.4, -0.2) is 43.1 Å². The van der Waals surface area contributed by atoms with Crippen LogP contribution in [0.5, 0.6) is 0 Å². The van der Waals surface area contributed by atoms with E-state index in [-0.39, 0.29) is 24.0 Å². The van der Waals surface area contributed by atoms with Gasteiger partial charge in [-0.1, -0.05) is 13.8 Å². The molecule has 1 rings (SSSR count). The zero-order valence-electron chi connectivity index (χ0n) is 9.45. The third-order valence-electron chi connectivity index (χ3n) is 2.49. The fourth-order valence-electron chi connectivity index (χ4n) is 1.54. The van der Waals surface area contributed by atoms with E-state index in [1.54, 1.807) is 4.90 Å². The van der Waals surface area contributed by atoms with Crippen LogP contribution in [0.1, 0.15) is 20.3 Å². The van der Waals surface area contributed by atoms with E-state index >= 15 is 0 Å². The first-order chi connectivity index (χ1) is 7.04. The highest BCUT2D eigenvalue weighted by Crippen LogP contribution is 2.10. The van der Waals surface area contributed by atoms with Gasteiger partial charge in [0.25, 0.3) is 0 Å². The molecular formula is C10H18N2O3. The Labute approximate surface area is 89.8 Å². The zero-order chi connectivity index (χ0) is 11.4. The van der Waals surface area contributed by atoms with Gasteiger partial charge in [-0.25, -0.2) is 4.79 Å². The number of hydrogen-bond acceptors (Lipinski definition) is 3. The van der Waals surface area contributed by atoms with Crippen LogP contribution in [0.2, 0.25) is 0 Å². The van der Waals surface area contributed by atoms with E-state index in [9.17, 15) is 9.59 Å². The maximum Gasteiger partial charge on any atom is 0.409 e. The molecule has 0 aliphatic carbocycles. The van der Waals surface area contributed by atoms with Crippen LogP contribution in [0.15, 0.2) is 0 Å². The van der Waals surface area contributed by atoms with Crippen molar-refractivity contribution in [3.05, 3.63) is 0 Å². The van der Waals surface area contributed by atoms with Crippen molar-refractivity contribution in [1.29, 1.82) is 0 Å². The topological polar surface area (TPSA) is 58.6 Å². The van der Waals surface area contributed by atoms with E-state index in [4.69, 9.17) is 0 Å². The van der Waals surface area contributed by atoms with Crippen LogP contribution in [0.25, 0.3) is 0 Å². The summed E-state index contributed by atoms with van der Waals surface area (Å²) in [5.41, 5.74) is 0. The van der Waals surface area contributed by atoms with Crippen molar-refractivity contribution in [2.45, 2.75) is 26.3 Å². The molecule has 5 heteroatoms. The molecule has 1 heterocycles. The number of likely N-dealkylation sites (tertiary alicyclic amines) is 1. The van der Waals surface area contributed by atoms with E-state index in [0.29, 0.717) is 13.1 Å². The summed E-state index contributed by atoms with van der Waals surface area (Å²) in [6.45, 7) is 4.89. The van der Waals surface area contributed by atoms with Gasteiger partial charge in [-0.15, -0.1) is 0 Å². The SMILES string of the molecule is COC(=O)N1CCC(NC(=O)C(C)C)C1. The molecule has 1 N–H and O–H groups in total. The Balaban J connectivity index is 2.37. The predicted octanol–water partition coefficient (Wildman–Crippen LogP) is 0.599. The lowest BCUT2D eigenvalue weighted by Gasteiger charge is -2.16. The van der Waals surface area contributed by atoms with Gasteiger partial charge in [0.05, 0.1) is 7.11 Å². The molecule has 0 radical (unpaired) electrons. The predicted molar refractivity (Wildman–Crippen MR) is 55.4 cm³/mol. The zero-order valence-corrected chi connectivity index (χ0v) is 9.45. The fraction of sp³-hybridized carbons (Fsp3) is 0.800. The number of methoxy groups -OCH3 is 1. The monoisotopic (exact) mass is 214 g/mol. The molecule has 0 aromatic rings. The Morgan fingerprint density at radius 3 is 2.67 bits per heavy atom. The summed E-state index contributed by atoms with van der Waals surface area (Å²) in [4.78, 5) is 24.2. The first-order valence-corrected chi connectivity index (χ1v) is 5.18. The summed E-state index contributed by atoms with van der Waals surface area (Å²) in [5.74, 6) is 0.0175. The number of carbonyl (C=O) groups excluding carboxylic acids is 2. The molecule has 0 spiro atoms. The molecule has 0 aromatic heterocycles. The first kappa shape index (κ1) is 11.8. The molecule has 1 aliphatic rings. The highest BCUT2D eigenvalue weighted by molar-refractivity contribution is 5.78. The van der Waals surface area contributed by atoms with Crippen LogP contribution in [-0.2, 0) is 9.53 Å². The quantitative estimate of drug-likeness (QED) is 0.732. The second-order valence-electron chi connectivity index (χ2n) is 4.06. The largest absolute Gasteiger partial charge is 0.453 e. The molecule has 1 fully saturated rings. The molecular weight excluding hydrogens is 196 g/mol. The first-order valence-electron chi connectivity index (χ1n) is 5.18. The molecule has 1 atom stereocenters. The second kappa shape index (κ2) is 5.00. The average molecular weight is 214 g/mol. The number of amides is 2. The number of hydrogen-bond donors (Lipinski definition) is 1. The number of ether oxygens (including phenoxy) is 1. The summed E-state index contributed by atoms with van der Waals surface area (Å²) in [6.07, 6.45) is 0.476. The molecule has 0 aromatic carbocycles.